The van der Waals surface area contributed by atoms with Crippen LogP contribution >= 0.6 is 0 Å². The van der Waals surface area contributed by atoms with Crippen LogP contribution in [-0.4, -0.2) is 38.4 Å². The Morgan fingerprint density at radius 3 is 2.35 bits per heavy atom. The van der Waals surface area contributed by atoms with Crippen molar-refractivity contribution in [3.05, 3.63) is 84.5 Å². The van der Waals surface area contributed by atoms with Crippen molar-refractivity contribution < 1.29 is 26.3 Å². The average molecular weight is 518 g/mol. The lowest BCUT2D eigenvalue weighted by Crippen LogP contribution is -2.19. The molecule has 192 valence electrons. The third-order valence-corrected chi connectivity index (χ3v) is 5.30. The summed E-state index contributed by atoms with van der Waals surface area (Å²) in [6.07, 6.45) is -4.95. The fourth-order valence-corrected chi connectivity index (χ4v) is 3.62. The molecule has 0 aliphatic carbocycles. The molecule has 0 aliphatic rings. The number of hydrogen-bond donors (Lipinski definition) is 1. The minimum Gasteiger partial charge on any atom is -0.338 e. The van der Waals surface area contributed by atoms with Gasteiger partial charge in [-0.1, -0.05) is 6.08 Å². The van der Waals surface area contributed by atoms with Crippen LogP contribution in [0, 0.1) is 0 Å². The molecule has 3 heterocycles. The van der Waals surface area contributed by atoms with Gasteiger partial charge in [0.1, 0.15) is 11.3 Å². The number of alkyl halides is 6. The zero-order valence-electron chi connectivity index (χ0n) is 19.4. The van der Waals surface area contributed by atoms with Crippen molar-refractivity contribution in [1.82, 2.24) is 24.8 Å². The van der Waals surface area contributed by atoms with E-state index in [-0.39, 0.29) is 34.7 Å². The minimum absolute atomic E-state index is 0.102. The predicted octanol–water partition coefficient (Wildman–Crippen LogP) is 6.49. The van der Waals surface area contributed by atoms with Gasteiger partial charge in [-0.25, -0.2) is 15.0 Å². The molecule has 1 N–H and O–H groups in total. The summed E-state index contributed by atoms with van der Waals surface area (Å²) < 4.78 is 79.5. The maximum atomic E-state index is 13.6. The van der Waals surface area contributed by atoms with Crippen LogP contribution in [0.4, 0.5) is 37.8 Å². The summed E-state index contributed by atoms with van der Waals surface area (Å²) in [6.45, 7) is 4.47. The van der Waals surface area contributed by atoms with E-state index in [1.54, 1.807) is 13.1 Å². The topological polar surface area (TPSA) is 66.8 Å². The van der Waals surface area contributed by atoms with Crippen molar-refractivity contribution in [2.75, 3.05) is 18.9 Å². The summed E-state index contributed by atoms with van der Waals surface area (Å²) in [4.78, 5) is 19.0. The number of hydrogen-bond acceptors (Lipinski definition) is 6. The molecule has 0 radical (unpaired) electrons. The van der Waals surface area contributed by atoms with Gasteiger partial charge in [0.05, 0.1) is 28.9 Å². The first-order chi connectivity index (χ1) is 17.5. The zero-order chi connectivity index (χ0) is 26.8. The minimum atomic E-state index is -4.63. The first kappa shape index (κ1) is 26.0. The smallest absolute Gasteiger partial charge is 0.338 e. The first-order valence-electron chi connectivity index (χ1n) is 10.9. The van der Waals surface area contributed by atoms with Gasteiger partial charge >= 0.3 is 12.4 Å². The van der Waals surface area contributed by atoms with Gasteiger partial charge in [0.2, 0.25) is 0 Å². The van der Waals surface area contributed by atoms with Crippen molar-refractivity contribution in [2.24, 2.45) is 0 Å². The molecule has 4 rings (SSSR count). The fraction of sp³-hybridized carbons (Fsp3) is 0.200. The molecule has 0 atom stereocenters. The Hall–Kier alpha value is -4.06. The van der Waals surface area contributed by atoms with Crippen LogP contribution in [0.15, 0.2) is 67.5 Å². The number of halogens is 6. The van der Waals surface area contributed by atoms with E-state index in [0.717, 1.165) is 18.2 Å². The molecular formula is C25H20F6N6. The molecule has 0 amide bonds. The van der Waals surface area contributed by atoms with Crippen LogP contribution in [0.2, 0.25) is 0 Å². The SMILES string of the molecule is C=CCN(C)Cc1nc(Nc2ccc(C(F)(F)F)cc2)c2ncc(-c3ncccc3C(F)(F)F)cc2n1. The molecule has 12 heteroatoms. The highest BCUT2D eigenvalue weighted by atomic mass is 19.4. The van der Waals surface area contributed by atoms with Gasteiger partial charge in [-0.2, -0.15) is 26.3 Å². The molecule has 0 saturated carbocycles. The van der Waals surface area contributed by atoms with Crippen molar-refractivity contribution in [2.45, 2.75) is 18.9 Å². The van der Waals surface area contributed by atoms with Gasteiger partial charge in [0.25, 0.3) is 0 Å². The van der Waals surface area contributed by atoms with E-state index in [9.17, 15) is 26.3 Å². The highest BCUT2D eigenvalue weighted by Gasteiger charge is 2.34. The van der Waals surface area contributed by atoms with Crippen molar-refractivity contribution in [3.63, 3.8) is 0 Å². The second kappa shape index (κ2) is 10.1. The van der Waals surface area contributed by atoms with Gasteiger partial charge in [0, 0.05) is 30.2 Å². The summed E-state index contributed by atoms with van der Waals surface area (Å²) in [5, 5.41) is 2.95. The van der Waals surface area contributed by atoms with E-state index in [2.05, 4.69) is 31.8 Å². The summed E-state index contributed by atoms with van der Waals surface area (Å²) in [6, 6.07) is 7.90. The molecule has 4 aromatic rings. The lowest BCUT2D eigenvalue weighted by Gasteiger charge is -2.16. The van der Waals surface area contributed by atoms with Crippen LogP contribution in [-0.2, 0) is 18.9 Å². The van der Waals surface area contributed by atoms with E-state index in [1.165, 1.54) is 36.7 Å². The van der Waals surface area contributed by atoms with E-state index >= 15 is 0 Å². The van der Waals surface area contributed by atoms with E-state index in [1.807, 2.05) is 4.90 Å². The third-order valence-electron chi connectivity index (χ3n) is 5.30. The second-order valence-corrected chi connectivity index (χ2v) is 8.16. The van der Waals surface area contributed by atoms with Crippen molar-refractivity contribution >= 4 is 22.5 Å². The molecule has 6 nitrogen and oxygen atoms in total. The van der Waals surface area contributed by atoms with Crippen molar-refractivity contribution in [3.8, 4) is 11.3 Å². The molecule has 37 heavy (non-hydrogen) atoms. The molecule has 1 aromatic carbocycles. The molecular weight excluding hydrogens is 498 g/mol. The monoisotopic (exact) mass is 518 g/mol. The Labute approximate surface area is 207 Å². The summed E-state index contributed by atoms with van der Waals surface area (Å²) in [5.41, 5.74) is -1.15. The molecule has 0 unspecified atom stereocenters. The standard InChI is InChI=1S/C25H20F6N6/c1-3-11-37(2)14-20-35-19-12-15(21-18(25(29,30)31)5-4-10-32-21)13-33-22(19)23(36-20)34-17-8-6-16(7-9-17)24(26,27)28/h3-10,12-13H,1,11,14H2,2H3,(H,34,35,36). The van der Waals surface area contributed by atoms with Gasteiger partial charge in [-0.3, -0.25) is 9.88 Å². The van der Waals surface area contributed by atoms with Gasteiger partial charge < -0.3 is 5.32 Å². The second-order valence-electron chi connectivity index (χ2n) is 8.16. The van der Waals surface area contributed by atoms with Crippen LogP contribution in [0.3, 0.4) is 0 Å². The van der Waals surface area contributed by atoms with Crippen molar-refractivity contribution in [1.29, 1.82) is 0 Å². The Balaban J connectivity index is 1.80. The number of nitrogens with one attached hydrogen (secondary N) is 1. The molecule has 3 aromatic heterocycles. The highest BCUT2D eigenvalue weighted by Crippen LogP contribution is 2.36. The number of likely N-dealkylation sites (N-methyl/N-ethyl adjacent to an activating group) is 1. The number of rotatable bonds is 7. The van der Waals surface area contributed by atoms with Gasteiger partial charge in [-0.05, 0) is 49.5 Å². The highest BCUT2D eigenvalue weighted by molar-refractivity contribution is 5.89. The number of fused-ring (bicyclic) bond motifs is 1. The molecule has 0 bridgehead atoms. The quantitative estimate of drug-likeness (QED) is 0.223. The maximum absolute atomic E-state index is 13.6. The first-order valence-corrected chi connectivity index (χ1v) is 10.9. The Kier molecular flexibility index (Phi) is 7.12. The number of anilines is 2. The van der Waals surface area contributed by atoms with Crippen LogP contribution in [0.1, 0.15) is 17.0 Å². The fourth-order valence-electron chi connectivity index (χ4n) is 3.62. The normalized spacial score (nSPS) is 12.2. The lowest BCUT2D eigenvalue weighted by atomic mass is 10.1. The molecule has 0 fully saturated rings. The van der Waals surface area contributed by atoms with Gasteiger partial charge in [-0.15, -0.1) is 6.58 Å². The third kappa shape index (κ3) is 6.02. The maximum Gasteiger partial charge on any atom is 0.418 e. The number of nitrogens with zero attached hydrogens (tertiary/aromatic N) is 5. The largest absolute Gasteiger partial charge is 0.418 e. The number of benzene rings is 1. The van der Waals surface area contributed by atoms with E-state index in [0.29, 0.717) is 18.1 Å². The summed E-state index contributed by atoms with van der Waals surface area (Å²) in [7, 11) is 1.80. The van der Waals surface area contributed by atoms with E-state index in [4.69, 9.17) is 0 Å². The Morgan fingerprint density at radius 1 is 0.973 bits per heavy atom. The van der Waals surface area contributed by atoms with Crippen LogP contribution in [0.5, 0.6) is 0 Å². The number of pyridine rings is 2. The molecule has 0 spiro atoms. The molecule has 0 aliphatic heterocycles. The Bertz CT molecular complexity index is 1420. The van der Waals surface area contributed by atoms with E-state index < -0.39 is 23.5 Å². The molecule has 0 saturated heterocycles. The Morgan fingerprint density at radius 2 is 1.70 bits per heavy atom. The summed E-state index contributed by atoms with van der Waals surface area (Å²) >= 11 is 0. The van der Waals surface area contributed by atoms with Crippen LogP contribution in [0.25, 0.3) is 22.3 Å². The zero-order valence-corrected chi connectivity index (χ0v) is 19.4. The lowest BCUT2D eigenvalue weighted by molar-refractivity contribution is -0.138. The summed E-state index contributed by atoms with van der Waals surface area (Å²) in [5.74, 6) is 0.512. The predicted molar refractivity (Wildman–Crippen MR) is 127 cm³/mol. The van der Waals surface area contributed by atoms with Crippen LogP contribution < -0.4 is 5.32 Å². The van der Waals surface area contributed by atoms with Gasteiger partial charge in [0.15, 0.2) is 5.82 Å². The average Bonchev–Trinajstić information content (AvgIpc) is 2.83. The number of aromatic nitrogens is 4.